The number of esters is 1. The van der Waals surface area contributed by atoms with E-state index in [0.717, 1.165) is 5.56 Å². The van der Waals surface area contributed by atoms with Crippen LogP contribution in [0.15, 0.2) is 24.3 Å². The average molecular weight is 222 g/mol. The Bertz CT molecular complexity index is 364. The van der Waals surface area contributed by atoms with E-state index in [-0.39, 0.29) is 12.4 Å². The molecule has 1 aromatic carbocycles. The zero-order chi connectivity index (χ0) is 12.2. The Hall–Kier alpha value is -1.51. The maximum Gasteiger partial charge on any atom is 0.310 e. The smallest absolute Gasteiger partial charge is 0.310 e. The monoisotopic (exact) mass is 222 g/mol. The Labute approximate surface area is 96.4 Å². The van der Waals surface area contributed by atoms with Crippen molar-refractivity contribution >= 4 is 5.97 Å². The van der Waals surface area contributed by atoms with Crippen molar-refractivity contribution in [2.24, 2.45) is 0 Å². The molecule has 1 aromatic rings. The SMILES string of the molecule is COc1ccccc1CC(=O)OC(C)(C)C. The molecule has 0 aliphatic heterocycles. The summed E-state index contributed by atoms with van der Waals surface area (Å²) in [5.41, 5.74) is 0.401. The molecule has 0 aliphatic carbocycles. The minimum Gasteiger partial charge on any atom is -0.496 e. The van der Waals surface area contributed by atoms with Gasteiger partial charge in [0.2, 0.25) is 0 Å². The van der Waals surface area contributed by atoms with E-state index >= 15 is 0 Å². The van der Waals surface area contributed by atoms with E-state index in [1.807, 2.05) is 45.0 Å². The van der Waals surface area contributed by atoms with Crippen LogP contribution in [0.5, 0.6) is 5.75 Å². The van der Waals surface area contributed by atoms with Crippen LogP contribution in [-0.2, 0) is 16.0 Å². The van der Waals surface area contributed by atoms with Gasteiger partial charge in [-0.15, -0.1) is 0 Å². The summed E-state index contributed by atoms with van der Waals surface area (Å²) in [7, 11) is 1.59. The number of methoxy groups -OCH3 is 1. The van der Waals surface area contributed by atoms with Crippen molar-refractivity contribution in [2.45, 2.75) is 32.8 Å². The fraction of sp³-hybridized carbons (Fsp3) is 0.462. The first-order valence-corrected chi connectivity index (χ1v) is 5.26. The molecule has 0 amide bonds. The van der Waals surface area contributed by atoms with Gasteiger partial charge in [-0.1, -0.05) is 18.2 Å². The molecular formula is C13H18O3. The first kappa shape index (κ1) is 12.6. The van der Waals surface area contributed by atoms with Gasteiger partial charge >= 0.3 is 5.97 Å². The van der Waals surface area contributed by atoms with Gasteiger partial charge in [-0.2, -0.15) is 0 Å². The molecule has 0 unspecified atom stereocenters. The number of rotatable bonds is 3. The van der Waals surface area contributed by atoms with Gasteiger partial charge in [0.05, 0.1) is 13.5 Å². The maximum absolute atomic E-state index is 11.6. The van der Waals surface area contributed by atoms with Crippen molar-refractivity contribution in [3.05, 3.63) is 29.8 Å². The van der Waals surface area contributed by atoms with Crippen LogP contribution >= 0.6 is 0 Å². The van der Waals surface area contributed by atoms with Crippen molar-refractivity contribution in [3.8, 4) is 5.75 Å². The fourth-order valence-electron chi connectivity index (χ4n) is 1.38. The number of hydrogen-bond acceptors (Lipinski definition) is 3. The molecule has 0 aliphatic rings. The third-order valence-electron chi connectivity index (χ3n) is 1.95. The summed E-state index contributed by atoms with van der Waals surface area (Å²) in [5.74, 6) is 0.477. The zero-order valence-electron chi connectivity index (χ0n) is 10.2. The Morgan fingerprint density at radius 2 is 1.88 bits per heavy atom. The molecule has 0 heterocycles. The highest BCUT2D eigenvalue weighted by Gasteiger charge is 2.17. The predicted octanol–water partition coefficient (Wildman–Crippen LogP) is 2.58. The topological polar surface area (TPSA) is 35.5 Å². The van der Waals surface area contributed by atoms with Gasteiger partial charge in [0.1, 0.15) is 11.4 Å². The zero-order valence-corrected chi connectivity index (χ0v) is 10.2. The third kappa shape index (κ3) is 3.93. The highest BCUT2D eigenvalue weighted by molar-refractivity contribution is 5.74. The van der Waals surface area contributed by atoms with E-state index in [0.29, 0.717) is 5.75 Å². The number of benzene rings is 1. The van der Waals surface area contributed by atoms with Gasteiger partial charge in [0.15, 0.2) is 0 Å². The first-order valence-electron chi connectivity index (χ1n) is 5.26. The van der Waals surface area contributed by atoms with Gasteiger partial charge in [0, 0.05) is 5.56 Å². The second kappa shape index (κ2) is 5.01. The van der Waals surface area contributed by atoms with Gasteiger partial charge in [-0.05, 0) is 26.8 Å². The normalized spacial score (nSPS) is 11.0. The maximum atomic E-state index is 11.6. The summed E-state index contributed by atoms with van der Waals surface area (Å²) in [6, 6.07) is 7.45. The second-order valence-electron chi connectivity index (χ2n) is 4.58. The average Bonchev–Trinajstić information content (AvgIpc) is 2.15. The fourth-order valence-corrected chi connectivity index (χ4v) is 1.38. The molecule has 0 N–H and O–H groups in total. The van der Waals surface area contributed by atoms with Crippen LogP contribution in [0.1, 0.15) is 26.3 Å². The Morgan fingerprint density at radius 1 is 1.25 bits per heavy atom. The van der Waals surface area contributed by atoms with E-state index in [9.17, 15) is 4.79 Å². The number of para-hydroxylation sites is 1. The summed E-state index contributed by atoms with van der Waals surface area (Å²) < 4.78 is 10.4. The van der Waals surface area contributed by atoms with Crippen LogP contribution in [0.3, 0.4) is 0 Å². The Balaban J connectivity index is 2.70. The van der Waals surface area contributed by atoms with Crippen molar-refractivity contribution in [1.29, 1.82) is 0 Å². The Morgan fingerprint density at radius 3 is 2.44 bits per heavy atom. The molecule has 0 saturated carbocycles. The lowest BCUT2D eigenvalue weighted by Gasteiger charge is -2.19. The minimum atomic E-state index is -0.445. The summed E-state index contributed by atoms with van der Waals surface area (Å²) in [6.45, 7) is 5.56. The molecule has 3 heteroatoms. The van der Waals surface area contributed by atoms with E-state index in [1.165, 1.54) is 0 Å². The highest BCUT2D eigenvalue weighted by Crippen LogP contribution is 2.19. The number of ether oxygens (including phenoxy) is 2. The first-order chi connectivity index (χ1) is 7.42. The molecule has 0 fully saturated rings. The molecule has 16 heavy (non-hydrogen) atoms. The van der Waals surface area contributed by atoms with Crippen molar-refractivity contribution in [2.75, 3.05) is 7.11 Å². The van der Waals surface area contributed by atoms with Crippen molar-refractivity contribution in [3.63, 3.8) is 0 Å². The molecule has 1 rings (SSSR count). The van der Waals surface area contributed by atoms with E-state index in [1.54, 1.807) is 7.11 Å². The quantitative estimate of drug-likeness (QED) is 0.737. The van der Waals surface area contributed by atoms with Gasteiger partial charge in [0.25, 0.3) is 0 Å². The van der Waals surface area contributed by atoms with Crippen molar-refractivity contribution in [1.82, 2.24) is 0 Å². The number of hydrogen-bond donors (Lipinski definition) is 0. The largest absolute Gasteiger partial charge is 0.496 e. The molecule has 0 atom stereocenters. The molecule has 0 bridgehead atoms. The molecule has 0 radical (unpaired) electrons. The van der Waals surface area contributed by atoms with Crippen LogP contribution in [0.25, 0.3) is 0 Å². The van der Waals surface area contributed by atoms with Gasteiger partial charge < -0.3 is 9.47 Å². The number of carbonyl (C=O) groups excluding carboxylic acids is 1. The molecule has 88 valence electrons. The molecular weight excluding hydrogens is 204 g/mol. The lowest BCUT2D eigenvalue weighted by molar-refractivity contribution is -0.153. The summed E-state index contributed by atoms with van der Waals surface area (Å²) in [5, 5.41) is 0. The van der Waals surface area contributed by atoms with Crippen LogP contribution in [0.4, 0.5) is 0 Å². The minimum absolute atomic E-state index is 0.237. The predicted molar refractivity (Wildman–Crippen MR) is 62.5 cm³/mol. The molecule has 3 nitrogen and oxygen atoms in total. The van der Waals surface area contributed by atoms with Crippen LogP contribution in [-0.4, -0.2) is 18.7 Å². The van der Waals surface area contributed by atoms with Crippen LogP contribution in [0.2, 0.25) is 0 Å². The summed E-state index contributed by atoms with van der Waals surface area (Å²) in [6.07, 6.45) is 0.237. The molecule has 0 spiro atoms. The van der Waals surface area contributed by atoms with Crippen LogP contribution < -0.4 is 4.74 Å². The molecule has 0 saturated heterocycles. The van der Waals surface area contributed by atoms with E-state index < -0.39 is 5.60 Å². The van der Waals surface area contributed by atoms with Crippen LogP contribution in [0, 0.1) is 0 Å². The lowest BCUT2D eigenvalue weighted by atomic mass is 10.1. The lowest BCUT2D eigenvalue weighted by Crippen LogP contribution is -2.25. The second-order valence-corrected chi connectivity index (χ2v) is 4.58. The number of carbonyl (C=O) groups is 1. The third-order valence-corrected chi connectivity index (χ3v) is 1.95. The standard InChI is InChI=1S/C13H18O3/c1-13(2,3)16-12(14)9-10-7-5-6-8-11(10)15-4/h5-8H,9H2,1-4H3. The van der Waals surface area contributed by atoms with Crippen molar-refractivity contribution < 1.29 is 14.3 Å². The van der Waals surface area contributed by atoms with E-state index in [4.69, 9.17) is 9.47 Å². The van der Waals surface area contributed by atoms with Gasteiger partial charge in [-0.3, -0.25) is 4.79 Å². The summed E-state index contributed by atoms with van der Waals surface area (Å²) in [4.78, 5) is 11.6. The van der Waals surface area contributed by atoms with Gasteiger partial charge in [-0.25, -0.2) is 0 Å². The Kier molecular flexibility index (Phi) is 3.93. The summed E-state index contributed by atoms with van der Waals surface area (Å²) >= 11 is 0. The van der Waals surface area contributed by atoms with E-state index in [2.05, 4.69) is 0 Å². The molecule has 0 aromatic heterocycles. The highest BCUT2D eigenvalue weighted by atomic mass is 16.6.